The number of rotatable bonds is 5. The molecule has 0 amide bonds. The molecule has 10 heteroatoms. The molecule has 0 bridgehead atoms. The number of aromatic nitrogens is 3. The molecule has 0 aliphatic carbocycles. The van der Waals surface area contributed by atoms with E-state index in [9.17, 15) is 8.42 Å². The first-order valence-corrected chi connectivity index (χ1v) is 10.0. The summed E-state index contributed by atoms with van der Waals surface area (Å²) < 4.78 is 29.6. The highest BCUT2D eigenvalue weighted by Crippen LogP contribution is 2.33. The summed E-state index contributed by atoms with van der Waals surface area (Å²) in [6, 6.07) is 11.2. The van der Waals surface area contributed by atoms with Crippen molar-refractivity contribution in [1.82, 2.24) is 14.8 Å². The lowest BCUT2D eigenvalue weighted by Crippen LogP contribution is -2.13. The van der Waals surface area contributed by atoms with E-state index in [1.54, 1.807) is 29.1 Å². The van der Waals surface area contributed by atoms with Crippen LogP contribution in [0.25, 0.3) is 0 Å². The number of nitrogens with one attached hydrogen (secondary N) is 1. The average molecular weight is 415 g/mol. The fraction of sp³-hybridized carbons (Fsp3) is 0.0667. The molecule has 130 valence electrons. The molecule has 3 rings (SSSR count). The highest BCUT2D eigenvalue weighted by molar-refractivity contribution is 7.99. The Hall–Kier alpha value is -1.74. The first kappa shape index (κ1) is 18.1. The van der Waals surface area contributed by atoms with E-state index < -0.39 is 10.0 Å². The number of halogens is 2. The van der Waals surface area contributed by atoms with Crippen molar-refractivity contribution in [2.75, 3.05) is 4.72 Å². The highest BCUT2D eigenvalue weighted by atomic mass is 35.5. The van der Waals surface area contributed by atoms with Gasteiger partial charge >= 0.3 is 0 Å². The lowest BCUT2D eigenvalue weighted by atomic mass is 10.3. The second-order valence-electron chi connectivity index (χ2n) is 5.00. The van der Waals surface area contributed by atoms with E-state index in [4.69, 9.17) is 23.2 Å². The van der Waals surface area contributed by atoms with E-state index in [-0.39, 0.29) is 9.92 Å². The molecular formula is C15H12Cl2N4O2S2. The fourth-order valence-corrected chi connectivity index (χ4v) is 4.34. The standard InChI is InChI=1S/C15H12Cl2N4O2S2/c1-21-9-18-19-15(21)24-14-5-3-2-4-13(14)20-25(22,23)10-6-7-11(16)12(17)8-10/h2-9,20H,1H3. The van der Waals surface area contributed by atoms with Gasteiger partial charge in [0.2, 0.25) is 0 Å². The third-order valence-electron chi connectivity index (χ3n) is 3.20. The van der Waals surface area contributed by atoms with E-state index in [1.807, 2.05) is 13.1 Å². The molecule has 6 nitrogen and oxygen atoms in total. The maximum Gasteiger partial charge on any atom is 0.261 e. The van der Waals surface area contributed by atoms with Gasteiger partial charge in [-0.05, 0) is 42.1 Å². The molecule has 0 aliphatic heterocycles. The maximum atomic E-state index is 12.6. The Morgan fingerprint density at radius 1 is 1.12 bits per heavy atom. The lowest BCUT2D eigenvalue weighted by Gasteiger charge is -2.12. The van der Waals surface area contributed by atoms with Gasteiger partial charge in [0.25, 0.3) is 10.0 Å². The van der Waals surface area contributed by atoms with Gasteiger partial charge in [0.05, 0.1) is 20.6 Å². The number of sulfonamides is 1. The van der Waals surface area contributed by atoms with Gasteiger partial charge < -0.3 is 4.57 Å². The minimum Gasteiger partial charge on any atom is -0.311 e. The van der Waals surface area contributed by atoms with Gasteiger partial charge in [-0.3, -0.25) is 4.72 Å². The van der Waals surface area contributed by atoms with Crippen LogP contribution in [0.5, 0.6) is 0 Å². The molecule has 0 aliphatic rings. The van der Waals surface area contributed by atoms with Crippen LogP contribution < -0.4 is 4.72 Å². The van der Waals surface area contributed by atoms with Crippen LogP contribution >= 0.6 is 35.0 Å². The summed E-state index contributed by atoms with van der Waals surface area (Å²) >= 11 is 13.1. The van der Waals surface area contributed by atoms with Crippen molar-refractivity contribution in [1.29, 1.82) is 0 Å². The molecule has 0 atom stereocenters. The molecule has 1 N–H and O–H groups in total. The molecule has 0 radical (unpaired) electrons. The largest absolute Gasteiger partial charge is 0.311 e. The van der Waals surface area contributed by atoms with Gasteiger partial charge in [-0.15, -0.1) is 10.2 Å². The highest BCUT2D eigenvalue weighted by Gasteiger charge is 2.18. The molecule has 0 saturated carbocycles. The summed E-state index contributed by atoms with van der Waals surface area (Å²) in [7, 11) is -2.00. The molecule has 25 heavy (non-hydrogen) atoms. The zero-order valence-corrected chi connectivity index (χ0v) is 16.0. The van der Waals surface area contributed by atoms with E-state index in [2.05, 4.69) is 14.9 Å². The molecule has 2 aromatic carbocycles. The van der Waals surface area contributed by atoms with E-state index in [0.29, 0.717) is 20.8 Å². The first-order valence-electron chi connectivity index (χ1n) is 6.95. The normalized spacial score (nSPS) is 11.5. The summed E-state index contributed by atoms with van der Waals surface area (Å²) in [4.78, 5) is 0.725. The number of para-hydroxylation sites is 1. The number of anilines is 1. The summed E-state index contributed by atoms with van der Waals surface area (Å²) in [5.41, 5.74) is 0.432. The van der Waals surface area contributed by atoms with Crippen LogP contribution in [-0.2, 0) is 17.1 Å². The Morgan fingerprint density at radius 2 is 1.88 bits per heavy atom. The van der Waals surface area contributed by atoms with Crippen LogP contribution in [0.4, 0.5) is 5.69 Å². The van der Waals surface area contributed by atoms with Crippen LogP contribution in [0.3, 0.4) is 0 Å². The Morgan fingerprint density at radius 3 is 2.56 bits per heavy atom. The van der Waals surface area contributed by atoms with Crippen molar-refractivity contribution in [3.63, 3.8) is 0 Å². The third-order valence-corrected chi connectivity index (χ3v) is 6.43. The van der Waals surface area contributed by atoms with Crippen molar-refractivity contribution >= 4 is 50.7 Å². The van der Waals surface area contributed by atoms with Crippen molar-refractivity contribution in [3.05, 3.63) is 58.8 Å². The van der Waals surface area contributed by atoms with Crippen molar-refractivity contribution in [2.24, 2.45) is 7.05 Å². The van der Waals surface area contributed by atoms with Crippen LogP contribution in [0, 0.1) is 0 Å². The summed E-state index contributed by atoms with van der Waals surface area (Å²) in [6.07, 6.45) is 1.57. The van der Waals surface area contributed by atoms with Crippen LogP contribution in [-0.4, -0.2) is 23.2 Å². The van der Waals surface area contributed by atoms with Gasteiger partial charge in [0.15, 0.2) is 5.16 Å². The smallest absolute Gasteiger partial charge is 0.261 e. The Bertz CT molecular complexity index is 1020. The molecule has 0 unspecified atom stereocenters. The van der Waals surface area contributed by atoms with Gasteiger partial charge in [-0.1, -0.05) is 35.3 Å². The molecule has 1 heterocycles. The predicted octanol–water partition coefficient (Wildman–Crippen LogP) is 4.07. The van der Waals surface area contributed by atoms with Gasteiger partial charge in [0, 0.05) is 11.9 Å². The molecular weight excluding hydrogens is 403 g/mol. The summed E-state index contributed by atoms with van der Waals surface area (Å²) in [6.45, 7) is 0. The van der Waals surface area contributed by atoms with Gasteiger partial charge in [-0.2, -0.15) is 0 Å². The lowest BCUT2D eigenvalue weighted by molar-refractivity contribution is 0.601. The minimum absolute atomic E-state index is 0.0281. The van der Waals surface area contributed by atoms with Crippen LogP contribution in [0.1, 0.15) is 0 Å². The van der Waals surface area contributed by atoms with Gasteiger partial charge in [-0.25, -0.2) is 8.42 Å². The molecule has 3 aromatic rings. The Labute approximate surface area is 159 Å². The number of aryl methyl sites for hydroxylation is 1. The van der Waals surface area contributed by atoms with Crippen molar-refractivity contribution in [2.45, 2.75) is 14.9 Å². The predicted molar refractivity (Wildman–Crippen MR) is 98.8 cm³/mol. The Balaban J connectivity index is 1.92. The molecule has 1 aromatic heterocycles. The SMILES string of the molecule is Cn1cnnc1Sc1ccccc1NS(=O)(=O)c1ccc(Cl)c(Cl)c1. The molecule has 0 fully saturated rings. The zero-order valence-electron chi connectivity index (χ0n) is 12.8. The van der Waals surface area contributed by atoms with Crippen molar-refractivity contribution in [3.8, 4) is 0 Å². The number of benzene rings is 2. The topological polar surface area (TPSA) is 76.9 Å². The molecule has 0 saturated heterocycles. The fourth-order valence-electron chi connectivity index (χ4n) is 1.95. The van der Waals surface area contributed by atoms with Gasteiger partial charge in [0.1, 0.15) is 6.33 Å². The average Bonchev–Trinajstić information content (AvgIpc) is 2.96. The second kappa shape index (κ2) is 7.25. The second-order valence-corrected chi connectivity index (χ2v) is 8.51. The zero-order chi connectivity index (χ0) is 18.0. The van der Waals surface area contributed by atoms with E-state index >= 15 is 0 Å². The monoisotopic (exact) mass is 414 g/mol. The first-order chi connectivity index (χ1) is 11.9. The van der Waals surface area contributed by atoms with E-state index in [0.717, 1.165) is 0 Å². The summed E-state index contributed by atoms with van der Waals surface area (Å²) in [5, 5.41) is 8.91. The third kappa shape index (κ3) is 4.09. The Kier molecular flexibility index (Phi) is 5.24. The number of nitrogens with zero attached hydrogens (tertiary/aromatic N) is 3. The van der Waals surface area contributed by atoms with Crippen LogP contribution in [0.15, 0.2) is 63.7 Å². The van der Waals surface area contributed by atoms with E-state index in [1.165, 1.54) is 30.0 Å². The quantitative estimate of drug-likeness (QED) is 0.680. The summed E-state index contributed by atoms with van der Waals surface area (Å²) in [5.74, 6) is 0. The number of hydrogen-bond acceptors (Lipinski definition) is 5. The van der Waals surface area contributed by atoms with Crippen LogP contribution in [0.2, 0.25) is 10.0 Å². The van der Waals surface area contributed by atoms with Crippen molar-refractivity contribution < 1.29 is 8.42 Å². The minimum atomic E-state index is -3.81. The molecule has 0 spiro atoms. The maximum absolute atomic E-state index is 12.6. The number of hydrogen-bond donors (Lipinski definition) is 1.